The van der Waals surface area contributed by atoms with Crippen LogP contribution in [-0.2, 0) is 11.2 Å². The second-order valence-electron chi connectivity index (χ2n) is 5.90. The third-order valence-corrected chi connectivity index (χ3v) is 4.63. The highest BCUT2D eigenvalue weighted by molar-refractivity contribution is 5.73. The molecule has 0 radical (unpaired) electrons. The second kappa shape index (κ2) is 7.44. The van der Waals surface area contributed by atoms with Gasteiger partial charge in [0.15, 0.2) is 0 Å². The molecule has 110 valence electrons. The summed E-state index contributed by atoms with van der Waals surface area (Å²) < 4.78 is 0. The number of hydrogen-bond acceptors (Lipinski definition) is 2. The van der Waals surface area contributed by atoms with Crippen LogP contribution in [0.15, 0.2) is 24.3 Å². The summed E-state index contributed by atoms with van der Waals surface area (Å²) in [5.41, 5.74) is 2.19. The highest BCUT2D eigenvalue weighted by atomic mass is 16.1. The normalized spacial score (nSPS) is 23.5. The van der Waals surface area contributed by atoms with E-state index in [2.05, 4.69) is 30.3 Å². The predicted molar refractivity (Wildman–Crippen MR) is 83.9 cm³/mol. The number of amides is 1. The number of carbonyl (C=O) groups is 1. The van der Waals surface area contributed by atoms with Gasteiger partial charge in [-0.05, 0) is 50.3 Å². The molecule has 1 N–H and O–H groups in total. The lowest BCUT2D eigenvalue weighted by molar-refractivity contribution is -0.105. The molecule has 0 aromatic heterocycles. The number of piperidine rings is 1. The molecule has 1 aromatic carbocycles. The van der Waals surface area contributed by atoms with Crippen LogP contribution in [0.4, 0.5) is 5.69 Å². The van der Waals surface area contributed by atoms with E-state index in [0.717, 1.165) is 24.4 Å². The van der Waals surface area contributed by atoms with E-state index in [4.69, 9.17) is 0 Å². The molecule has 0 aliphatic carbocycles. The van der Waals surface area contributed by atoms with Crippen LogP contribution in [0.2, 0.25) is 0 Å². The van der Waals surface area contributed by atoms with E-state index in [1.165, 1.54) is 37.8 Å². The summed E-state index contributed by atoms with van der Waals surface area (Å²) in [7, 11) is 2.25. The standard InChI is InChI=1S/C17H26N2O/c1-3-14-8-10-16(19(2)12-14)11-9-15-6-4-5-7-17(15)18-13-20/h4-7,13-14,16H,3,8-12H2,1-2H3,(H,18,20)/t14-,16-/m0/s1. The molecule has 0 bridgehead atoms. The highest BCUT2D eigenvalue weighted by Crippen LogP contribution is 2.26. The van der Waals surface area contributed by atoms with Crippen molar-refractivity contribution in [1.82, 2.24) is 4.90 Å². The molecule has 3 heteroatoms. The van der Waals surface area contributed by atoms with Gasteiger partial charge in [-0.2, -0.15) is 0 Å². The lowest BCUT2D eigenvalue weighted by Gasteiger charge is -2.37. The zero-order chi connectivity index (χ0) is 14.4. The topological polar surface area (TPSA) is 32.3 Å². The summed E-state index contributed by atoms with van der Waals surface area (Å²) in [5, 5.41) is 2.80. The van der Waals surface area contributed by atoms with Crippen LogP contribution in [0, 0.1) is 5.92 Å². The summed E-state index contributed by atoms with van der Waals surface area (Å²) in [6.45, 7) is 3.52. The van der Waals surface area contributed by atoms with Crippen molar-refractivity contribution in [2.75, 3.05) is 18.9 Å². The van der Waals surface area contributed by atoms with E-state index in [1.807, 2.05) is 18.2 Å². The number of benzene rings is 1. The number of likely N-dealkylation sites (tertiary alicyclic amines) is 1. The Morgan fingerprint density at radius 2 is 2.15 bits per heavy atom. The summed E-state index contributed by atoms with van der Waals surface area (Å²) in [6.07, 6.45) is 6.92. The number of para-hydroxylation sites is 1. The molecule has 1 heterocycles. The number of nitrogens with zero attached hydrogens (tertiary/aromatic N) is 1. The Hall–Kier alpha value is -1.35. The lowest BCUT2D eigenvalue weighted by atomic mass is 9.88. The maximum absolute atomic E-state index is 10.6. The molecule has 3 nitrogen and oxygen atoms in total. The molecule has 0 spiro atoms. The van der Waals surface area contributed by atoms with Crippen LogP contribution in [0.25, 0.3) is 0 Å². The third kappa shape index (κ3) is 3.83. The Morgan fingerprint density at radius 3 is 2.85 bits per heavy atom. The van der Waals surface area contributed by atoms with Gasteiger partial charge in [-0.1, -0.05) is 31.5 Å². The van der Waals surface area contributed by atoms with Gasteiger partial charge in [-0.25, -0.2) is 0 Å². The van der Waals surface area contributed by atoms with Gasteiger partial charge in [0.05, 0.1) is 0 Å². The number of nitrogens with one attached hydrogen (secondary N) is 1. The van der Waals surface area contributed by atoms with Gasteiger partial charge in [0, 0.05) is 18.3 Å². The number of hydrogen-bond donors (Lipinski definition) is 1. The quantitative estimate of drug-likeness (QED) is 0.807. The molecule has 0 unspecified atom stereocenters. The fraction of sp³-hybridized carbons (Fsp3) is 0.588. The van der Waals surface area contributed by atoms with Gasteiger partial charge in [0.1, 0.15) is 0 Å². The summed E-state index contributed by atoms with van der Waals surface area (Å²) >= 11 is 0. The maximum Gasteiger partial charge on any atom is 0.211 e. The van der Waals surface area contributed by atoms with Crippen molar-refractivity contribution >= 4 is 12.1 Å². The van der Waals surface area contributed by atoms with Crippen LogP contribution in [0.5, 0.6) is 0 Å². The Balaban J connectivity index is 1.90. The average molecular weight is 274 g/mol. The molecule has 2 atom stereocenters. The van der Waals surface area contributed by atoms with Crippen LogP contribution >= 0.6 is 0 Å². The van der Waals surface area contributed by atoms with E-state index in [1.54, 1.807) is 0 Å². The maximum atomic E-state index is 10.6. The average Bonchev–Trinajstić information content (AvgIpc) is 2.47. The van der Waals surface area contributed by atoms with Crippen molar-refractivity contribution in [2.24, 2.45) is 5.92 Å². The van der Waals surface area contributed by atoms with Gasteiger partial charge in [-0.15, -0.1) is 0 Å². The summed E-state index contributed by atoms with van der Waals surface area (Å²) in [4.78, 5) is 13.2. The molecule has 1 aliphatic heterocycles. The van der Waals surface area contributed by atoms with Gasteiger partial charge in [-0.3, -0.25) is 4.79 Å². The summed E-state index contributed by atoms with van der Waals surface area (Å²) in [5.74, 6) is 0.875. The Kier molecular flexibility index (Phi) is 5.60. The molecule has 1 saturated heterocycles. The fourth-order valence-corrected chi connectivity index (χ4v) is 3.26. The first-order valence-electron chi connectivity index (χ1n) is 7.73. The summed E-state index contributed by atoms with van der Waals surface area (Å²) in [6, 6.07) is 8.78. The number of anilines is 1. The third-order valence-electron chi connectivity index (χ3n) is 4.63. The minimum Gasteiger partial charge on any atom is -0.328 e. The Bertz CT molecular complexity index is 433. The lowest BCUT2D eigenvalue weighted by Crippen LogP contribution is -2.40. The fourth-order valence-electron chi connectivity index (χ4n) is 3.26. The van der Waals surface area contributed by atoms with Crippen molar-refractivity contribution in [3.05, 3.63) is 29.8 Å². The van der Waals surface area contributed by atoms with Gasteiger partial charge < -0.3 is 10.2 Å². The molecular formula is C17H26N2O. The van der Waals surface area contributed by atoms with Crippen LogP contribution in [-0.4, -0.2) is 30.9 Å². The smallest absolute Gasteiger partial charge is 0.211 e. The van der Waals surface area contributed by atoms with E-state index < -0.39 is 0 Å². The second-order valence-corrected chi connectivity index (χ2v) is 5.90. The van der Waals surface area contributed by atoms with Crippen molar-refractivity contribution in [2.45, 2.75) is 45.1 Å². The molecule has 1 aromatic rings. The zero-order valence-corrected chi connectivity index (χ0v) is 12.6. The van der Waals surface area contributed by atoms with Gasteiger partial charge in [0.2, 0.25) is 6.41 Å². The Morgan fingerprint density at radius 1 is 1.35 bits per heavy atom. The van der Waals surface area contributed by atoms with Gasteiger partial charge >= 0.3 is 0 Å². The minimum atomic E-state index is 0.682. The van der Waals surface area contributed by atoms with Crippen molar-refractivity contribution in [1.29, 1.82) is 0 Å². The monoisotopic (exact) mass is 274 g/mol. The van der Waals surface area contributed by atoms with Crippen molar-refractivity contribution < 1.29 is 4.79 Å². The number of rotatable bonds is 6. The SMILES string of the molecule is CC[C@H]1CC[C@@H](CCc2ccccc2NC=O)N(C)C1. The predicted octanol–water partition coefficient (Wildman–Crippen LogP) is 3.31. The largest absolute Gasteiger partial charge is 0.328 e. The number of aryl methyl sites for hydroxylation is 1. The first-order chi connectivity index (χ1) is 9.74. The molecule has 2 rings (SSSR count). The zero-order valence-electron chi connectivity index (χ0n) is 12.6. The van der Waals surface area contributed by atoms with Gasteiger partial charge in [0.25, 0.3) is 0 Å². The number of carbonyl (C=O) groups excluding carboxylic acids is 1. The molecule has 1 aliphatic rings. The highest BCUT2D eigenvalue weighted by Gasteiger charge is 2.24. The first kappa shape index (κ1) is 15.0. The molecular weight excluding hydrogens is 248 g/mol. The minimum absolute atomic E-state index is 0.682. The van der Waals surface area contributed by atoms with Crippen molar-refractivity contribution in [3.8, 4) is 0 Å². The molecule has 20 heavy (non-hydrogen) atoms. The molecule has 1 fully saturated rings. The van der Waals surface area contributed by atoms with E-state index in [-0.39, 0.29) is 0 Å². The molecule has 1 amide bonds. The van der Waals surface area contributed by atoms with Crippen molar-refractivity contribution in [3.63, 3.8) is 0 Å². The van der Waals surface area contributed by atoms with Crippen LogP contribution < -0.4 is 5.32 Å². The van der Waals surface area contributed by atoms with Crippen LogP contribution in [0.3, 0.4) is 0 Å². The Labute approximate surface area is 122 Å². The van der Waals surface area contributed by atoms with E-state index in [0.29, 0.717) is 6.04 Å². The van der Waals surface area contributed by atoms with E-state index in [9.17, 15) is 4.79 Å². The van der Waals surface area contributed by atoms with E-state index >= 15 is 0 Å². The van der Waals surface area contributed by atoms with Crippen LogP contribution in [0.1, 0.15) is 38.2 Å². The first-order valence-corrected chi connectivity index (χ1v) is 7.73. The molecule has 0 saturated carbocycles.